The Morgan fingerprint density at radius 3 is 2.83 bits per heavy atom. The van der Waals surface area contributed by atoms with Gasteiger partial charge in [0.05, 0.1) is 13.7 Å². The summed E-state index contributed by atoms with van der Waals surface area (Å²) in [6, 6.07) is 9.95. The summed E-state index contributed by atoms with van der Waals surface area (Å²) in [5.74, 6) is 1.80. The SMILES string of the molecule is COc1cccc(CN2CCC(=O)N(Cc3cc(C)on3)CC2)c1. The quantitative estimate of drug-likeness (QED) is 0.842. The molecule has 0 spiro atoms. The van der Waals surface area contributed by atoms with E-state index < -0.39 is 0 Å². The summed E-state index contributed by atoms with van der Waals surface area (Å²) in [5.41, 5.74) is 2.00. The van der Waals surface area contributed by atoms with Crippen LogP contribution in [0.1, 0.15) is 23.4 Å². The van der Waals surface area contributed by atoms with Gasteiger partial charge in [0.15, 0.2) is 0 Å². The molecule has 1 aromatic carbocycles. The fourth-order valence-corrected chi connectivity index (χ4v) is 2.95. The number of rotatable bonds is 5. The number of nitrogens with zero attached hydrogens (tertiary/aromatic N) is 3. The van der Waals surface area contributed by atoms with Gasteiger partial charge >= 0.3 is 0 Å². The van der Waals surface area contributed by atoms with Crippen LogP contribution in [0, 0.1) is 6.92 Å². The van der Waals surface area contributed by atoms with Crippen LogP contribution >= 0.6 is 0 Å². The number of aryl methyl sites for hydroxylation is 1. The van der Waals surface area contributed by atoms with Crippen LogP contribution in [-0.4, -0.2) is 47.6 Å². The van der Waals surface area contributed by atoms with E-state index in [2.05, 4.69) is 16.1 Å². The van der Waals surface area contributed by atoms with Crippen molar-refractivity contribution in [3.05, 3.63) is 47.3 Å². The summed E-state index contributed by atoms with van der Waals surface area (Å²) in [7, 11) is 1.67. The van der Waals surface area contributed by atoms with Gasteiger partial charge in [-0.25, -0.2) is 0 Å². The van der Waals surface area contributed by atoms with Crippen molar-refractivity contribution in [1.82, 2.24) is 15.0 Å². The Kier molecular flexibility index (Phi) is 5.15. The lowest BCUT2D eigenvalue weighted by Crippen LogP contribution is -2.32. The highest BCUT2D eigenvalue weighted by Gasteiger charge is 2.22. The summed E-state index contributed by atoms with van der Waals surface area (Å²) in [4.78, 5) is 16.5. The first-order valence-corrected chi connectivity index (χ1v) is 8.19. The van der Waals surface area contributed by atoms with Gasteiger partial charge in [0.25, 0.3) is 0 Å². The van der Waals surface area contributed by atoms with Crippen molar-refractivity contribution in [3.63, 3.8) is 0 Å². The van der Waals surface area contributed by atoms with Gasteiger partial charge < -0.3 is 14.2 Å². The second kappa shape index (κ2) is 7.49. The number of carbonyl (C=O) groups is 1. The number of carbonyl (C=O) groups excluding carboxylic acids is 1. The molecule has 0 bridgehead atoms. The lowest BCUT2D eigenvalue weighted by atomic mass is 10.2. The number of benzene rings is 1. The van der Waals surface area contributed by atoms with Crippen LogP contribution in [0.15, 0.2) is 34.9 Å². The third-order valence-corrected chi connectivity index (χ3v) is 4.25. The normalized spacial score (nSPS) is 16.2. The zero-order valence-corrected chi connectivity index (χ0v) is 14.2. The molecular formula is C18H23N3O3. The van der Waals surface area contributed by atoms with Crippen LogP contribution in [0.25, 0.3) is 0 Å². The highest BCUT2D eigenvalue weighted by Crippen LogP contribution is 2.16. The molecule has 6 nitrogen and oxygen atoms in total. The molecule has 0 aliphatic carbocycles. The lowest BCUT2D eigenvalue weighted by molar-refractivity contribution is -0.131. The zero-order valence-electron chi connectivity index (χ0n) is 14.2. The number of hydrogen-bond donors (Lipinski definition) is 0. The second-order valence-corrected chi connectivity index (χ2v) is 6.12. The number of amides is 1. The Hall–Kier alpha value is -2.34. The molecule has 0 saturated carbocycles. The van der Waals surface area contributed by atoms with Crippen molar-refractivity contribution in [2.75, 3.05) is 26.7 Å². The van der Waals surface area contributed by atoms with Crippen molar-refractivity contribution < 1.29 is 14.1 Å². The van der Waals surface area contributed by atoms with E-state index in [1.165, 1.54) is 5.56 Å². The average Bonchev–Trinajstić information content (AvgIpc) is 2.92. The van der Waals surface area contributed by atoms with E-state index in [0.717, 1.165) is 36.8 Å². The molecule has 0 unspecified atom stereocenters. The number of hydrogen-bond acceptors (Lipinski definition) is 5. The van der Waals surface area contributed by atoms with E-state index in [1.807, 2.05) is 36.1 Å². The minimum atomic E-state index is 0.170. The Morgan fingerprint density at radius 2 is 2.08 bits per heavy atom. The maximum atomic E-state index is 12.3. The van der Waals surface area contributed by atoms with E-state index in [0.29, 0.717) is 19.5 Å². The van der Waals surface area contributed by atoms with Crippen molar-refractivity contribution >= 4 is 5.91 Å². The fraction of sp³-hybridized carbons (Fsp3) is 0.444. The van der Waals surface area contributed by atoms with Crippen molar-refractivity contribution in [2.45, 2.75) is 26.4 Å². The summed E-state index contributed by atoms with van der Waals surface area (Å²) in [6.07, 6.45) is 0.529. The topological polar surface area (TPSA) is 58.8 Å². The van der Waals surface area contributed by atoms with Crippen LogP contribution in [0.3, 0.4) is 0 Å². The summed E-state index contributed by atoms with van der Waals surface area (Å²) in [5, 5.41) is 3.98. The van der Waals surface area contributed by atoms with E-state index in [-0.39, 0.29) is 5.91 Å². The van der Waals surface area contributed by atoms with Gasteiger partial charge in [-0.2, -0.15) is 0 Å². The lowest BCUT2D eigenvalue weighted by Gasteiger charge is -2.21. The molecule has 1 aromatic heterocycles. The highest BCUT2D eigenvalue weighted by atomic mass is 16.5. The first-order chi connectivity index (χ1) is 11.6. The Labute approximate surface area is 142 Å². The maximum Gasteiger partial charge on any atom is 0.224 e. The third-order valence-electron chi connectivity index (χ3n) is 4.25. The number of aromatic nitrogens is 1. The first-order valence-electron chi connectivity index (χ1n) is 8.19. The smallest absolute Gasteiger partial charge is 0.224 e. The van der Waals surface area contributed by atoms with Gasteiger partial charge in [0.2, 0.25) is 5.91 Å². The number of ether oxygens (including phenoxy) is 1. The molecule has 24 heavy (non-hydrogen) atoms. The van der Waals surface area contributed by atoms with E-state index in [4.69, 9.17) is 9.26 Å². The highest BCUT2D eigenvalue weighted by molar-refractivity contribution is 5.76. The minimum absolute atomic E-state index is 0.170. The average molecular weight is 329 g/mol. The van der Waals surface area contributed by atoms with Crippen molar-refractivity contribution in [2.24, 2.45) is 0 Å². The molecule has 1 saturated heterocycles. The summed E-state index contributed by atoms with van der Waals surface area (Å²) in [6.45, 7) is 5.51. The minimum Gasteiger partial charge on any atom is -0.497 e. The van der Waals surface area contributed by atoms with Gasteiger partial charge in [-0.05, 0) is 24.6 Å². The van der Waals surface area contributed by atoms with Crippen LogP contribution in [0.4, 0.5) is 0 Å². The van der Waals surface area contributed by atoms with Gasteiger partial charge in [0, 0.05) is 38.7 Å². The Bertz CT molecular complexity index is 698. The molecule has 1 aliphatic heterocycles. The molecule has 0 N–H and O–H groups in total. The molecule has 0 atom stereocenters. The summed E-state index contributed by atoms with van der Waals surface area (Å²) < 4.78 is 10.4. The molecule has 3 rings (SSSR count). The predicted molar refractivity (Wildman–Crippen MR) is 89.5 cm³/mol. The fourth-order valence-electron chi connectivity index (χ4n) is 2.95. The molecule has 1 fully saturated rings. The maximum absolute atomic E-state index is 12.3. The van der Waals surface area contributed by atoms with E-state index >= 15 is 0 Å². The van der Waals surface area contributed by atoms with Crippen LogP contribution in [0.5, 0.6) is 5.75 Å². The Morgan fingerprint density at radius 1 is 1.21 bits per heavy atom. The number of methoxy groups -OCH3 is 1. The summed E-state index contributed by atoms with van der Waals surface area (Å²) >= 11 is 0. The van der Waals surface area contributed by atoms with E-state index in [9.17, 15) is 4.79 Å². The molecule has 1 amide bonds. The van der Waals surface area contributed by atoms with Gasteiger partial charge in [-0.3, -0.25) is 9.69 Å². The molecule has 6 heteroatoms. The molecule has 0 radical (unpaired) electrons. The predicted octanol–water partition coefficient (Wildman–Crippen LogP) is 2.23. The van der Waals surface area contributed by atoms with Gasteiger partial charge in [0.1, 0.15) is 17.2 Å². The largest absolute Gasteiger partial charge is 0.497 e. The van der Waals surface area contributed by atoms with Crippen LogP contribution < -0.4 is 4.74 Å². The second-order valence-electron chi connectivity index (χ2n) is 6.12. The van der Waals surface area contributed by atoms with Gasteiger partial charge in [-0.1, -0.05) is 17.3 Å². The first kappa shape index (κ1) is 16.5. The van der Waals surface area contributed by atoms with Crippen LogP contribution in [-0.2, 0) is 17.9 Å². The standard InChI is InChI=1S/C18H23N3O3/c1-14-10-16(19-24-14)13-21-9-8-20(7-6-18(21)22)12-15-4-3-5-17(11-15)23-2/h3-5,10-11H,6-9,12-13H2,1-2H3. The third kappa shape index (κ3) is 4.14. The Balaban J connectivity index is 1.60. The monoisotopic (exact) mass is 329 g/mol. The molecular weight excluding hydrogens is 306 g/mol. The molecule has 128 valence electrons. The molecule has 2 aromatic rings. The zero-order chi connectivity index (χ0) is 16.9. The molecule has 2 heterocycles. The van der Waals surface area contributed by atoms with Gasteiger partial charge in [-0.15, -0.1) is 0 Å². The van der Waals surface area contributed by atoms with Crippen molar-refractivity contribution in [3.8, 4) is 5.75 Å². The van der Waals surface area contributed by atoms with Crippen molar-refractivity contribution in [1.29, 1.82) is 0 Å². The van der Waals surface area contributed by atoms with E-state index in [1.54, 1.807) is 7.11 Å². The van der Waals surface area contributed by atoms with Crippen LogP contribution in [0.2, 0.25) is 0 Å². The molecule has 1 aliphatic rings.